The maximum Gasteiger partial charge on any atom is 0.416 e. The summed E-state index contributed by atoms with van der Waals surface area (Å²) in [5.74, 6) is -0.969. The Balaban J connectivity index is 1.91. The van der Waals surface area contributed by atoms with Crippen LogP contribution in [0.1, 0.15) is 47.3 Å². The molecule has 7 heteroatoms. The number of benzene rings is 2. The molecular weight excluding hydrogens is 357 g/mol. The molecule has 0 saturated heterocycles. The van der Waals surface area contributed by atoms with E-state index in [-0.39, 0.29) is 24.1 Å². The van der Waals surface area contributed by atoms with Crippen LogP contribution in [0.3, 0.4) is 0 Å². The summed E-state index contributed by atoms with van der Waals surface area (Å²) in [5.41, 5.74) is 0.202. The van der Waals surface area contributed by atoms with E-state index >= 15 is 0 Å². The lowest BCUT2D eigenvalue weighted by molar-refractivity contribution is -0.137. The topological polar surface area (TPSA) is 58.2 Å². The fourth-order valence-corrected chi connectivity index (χ4v) is 2.61. The number of amides is 2. The Labute approximate surface area is 155 Å². The summed E-state index contributed by atoms with van der Waals surface area (Å²) in [6.45, 7) is 1.75. The van der Waals surface area contributed by atoms with Gasteiger partial charge in [0.05, 0.1) is 18.2 Å². The lowest BCUT2D eigenvalue weighted by atomic mass is 10.0. The molecular formula is C20H21F3N2O2. The molecule has 2 rings (SSSR count). The molecule has 2 aromatic carbocycles. The van der Waals surface area contributed by atoms with Crippen molar-refractivity contribution in [2.45, 2.75) is 32.0 Å². The van der Waals surface area contributed by atoms with Gasteiger partial charge in [-0.05, 0) is 36.2 Å². The smallest absolute Gasteiger partial charge is 0.348 e. The Morgan fingerprint density at radius 2 is 1.63 bits per heavy atom. The molecule has 0 aliphatic rings. The Kier molecular flexibility index (Phi) is 6.98. The van der Waals surface area contributed by atoms with Crippen LogP contribution in [0.5, 0.6) is 0 Å². The third-order valence-corrected chi connectivity index (χ3v) is 4.00. The van der Waals surface area contributed by atoms with E-state index in [1.54, 1.807) is 0 Å². The Hall–Kier alpha value is -2.83. The molecule has 0 bridgehead atoms. The number of rotatable bonds is 7. The number of carbonyl (C=O) groups excluding carboxylic acids is 2. The molecule has 27 heavy (non-hydrogen) atoms. The first kappa shape index (κ1) is 20.5. The number of halogens is 3. The molecule has 0 aliphatic heterocycles. The van der Waals surface area contributed by atoms with Gasteiger partial charge in [0.25, 0.3) is 5.91 Å². The van der Waals surface area contributed by atoms with E-state index in [1.807, 2.05) is 37.3 Å². The number of hydrogen-bond acceptors (Lipinski definition) is 2. The maximum absolute atomic E-state index is 12.5. The van der Waals surface area contributed by atoms with Gasteiger partial charge in [0.15, 0.2) is 0 Å². The summed E-state index contributed by atoms with van der Waals surface area (Å²) < 4.78 is 37.6. The molecule has 0 aliphatic carbocycles. The molecule has 0 radical (unpaired) electrons. The van der Waals surface area contributed by atoms with E-state index in [1.165, 1.54) is 0 Å². The highest BCUT2D eigenvalue weighted by Gasteiger charge is 2.30. The van der Waals surface area contributed by atoms with Crippen molar-refractivity contribution in [3.05, 3.63) is 71.3 Å². The number of alkyl halides is 3. The first-order valence-electron chi connectivity index (χ1n) is 8.61. The van der Waals surface area contributed by atoms with Crippen molar-refractivity contribution in [1.82, 2.24) is 10.6 Å². The van der Waals surface area contributed by atoms with Crippen molar-refractivity contribution in [2.24, 2.45) is 0 Å². The number of nitrogens with one attached hydrogen (secondary N) is 2. The maximum atomic E-state index is 12.5. The van der Waals surface area contributed by atoms with Gasteiger partial charge in [-0.15, -0.1) is 0 Å². The van der Waals surface area contributed by atoms with Crippen LogP contribution in [0, 0.1) is 0 Å². The van der Waals surface area contributed by atoms with Crippen LogP contribution in [-0.2, 0) is 11.0 Å². The van der Waals surface area contributed by atoms with E-state index in [0.29, 0.717) is 0 Å². The summed E-state index contributed by atoms with van der Waals surface area (Å²) in [6, 6.07) is 13.2. The third kappa shape index (κ3) is 6.13. The minimum atomic E-state index is -4.46. The van der Waals surface area contributed by atoms with Crippen LogP contribution in [0.2, 0.25) is 0 Å². The van der Waals surface area contributed by atoms with E-state index in [9.17, 15) is 22.8 Å². The van der Waals surface area contributed by atoms with Crippen molar-refractivity contribution >= 4 is 11.8 Å². The van der Waals surface area contributed by atoms with E-state index in [2.05, 4.69) is 10.6 Å². The second kappa shape index (κ2) is 9.21. The van der Waals surface area contributed by atoms with Crippen molar-refractivity contribution in [1.29, 1.82) is 0 Å². The molecule has 144 valence electrons. The minimum absolute atomic E-state index is 0.0592. The molecule has 0 saturated carbocycles. The zero-order valence-electron chi connectivity index (χ0n) is 14.8. The van der Waals surface area contributed by atoms with Gasteiger partial charge in [-0.2, -0.15) is 13.2 Å². The summed E-state index contributed by atoms with van der Waals surface area (Å²) in [5, 5.41) is 5.29. The molecule has 2 aromatic rings. The molecule has 0 aromatic heterocycles. The van der Waals surface area contributed by atoms with Crippen LogP contribution in [0.4, 0.5) is 13.2 Å². The first-order valence-corrected chi connectivity index (χ1v) is 8.61. The summed E-state index contributed by atoms with van der Waals surface area (Å²) in [4.78, 5) is 24.2. The Morgan fingerprint density at radius 1 is 1.00 bits per heavy atom. The molecule has 0 heterocycles. The SMILES string of the molecule is CCCC(NC(=O)CNC(=O)c1ccc(C(F)(F)F)cc1)c1ccccc1. The molecule has 0 spiro atoms. The average Bonchev–Trinajstić information content (AvgIpc) is 2.66. The normalized spacial score (nSPS) is 12.3. The van der Waals surface area contributed by atoms with Gasteiger partial charge >= 0.3 is 6.18 Å². The van der Waals surface area contributed by atoms with Gasteiger partial charge in [0.2, 0.25) is 5.91 Å². The summed E-state index contributed by atoms with van der Waals surface area (Å²) in [6.07, 6.45) is -2.83. The van der Waals surface area contributed by atoms with Gasteiger partial charge in [-0.3, -0.25) is 9.59 Å². The van der Waals surface area contributed by atoms with Crippen LogP contribution < -0.4 is 10.6 Å². The van der Waals surface area contributed by atoms with E-state index in [4.69, 9.17) is 0 Å². The van der Waals surface area contributed by atoms with Crippen molar-refractivity contribution in [3.8, 4) is 0 Å². The first-order chi connectivity index (χ1) is 12.8. The van der Waals surface area contributed by atoms with Crippen LogP contribution in [0.25, 0.3) is 0 Å². The molecule has 1 unspecified atom stereocenters. The Morgan fingerprint density at radius 3 is 2.19 bits per heavy atom. The van der Waals surface area contributed by atoms with Gasteiger partial charge in [0, 0.05) is 5.56 Å². The van der Waals surface area contributed by atoms with Crippen molar-refractivity contribution in [2.75, 3.05) is 6.54 Å². The predicted molar refractivity (Wildman–Crippen MR) is 96.0 cm³/mol. The zero-order valence-corrected chi connectivity index (χ0v) is 14.8. The van der Waals surface area contributed by atoms with Crippen LogP contribution >= 0.6 is 0 Å². The highest BCUT2D eigenvalue weighted by molar-refractivity contribution is 5.96. The molecule has 4 nitrogen and oxygen atoms in total. The average molecular weight is 378 g/mol. The minimum Gasteiger partial charge on any atom is -0.348 e. The van der Waals surface area contributed by atoms with Gasteiger partial charge in [0.1, 0.15) is 0 Å². The third-order valence-electron chi connectivity index (χ3n) is 4.00. The highest BCUT2D eigenvalue weighted by Crippen LogP contribution is 2.29. The molecule has 2 N–H and O–H groups in total. The van der Waals surface area contributed by atoms with Crippen LogP contribution in [-0.4, -0.2) is 18.4 Å². The second-order valence-electron chi connectivity index (χ2n) is 6.08. The largest absolute Gasteiger partial charge is 0.416 e. The highest BCUT2D eigenvalue weighted by atomic mass is 19.4. The molecule has 1 atom stereocenters. The Bertz CT molecular complexity index is 759. The van der Waals surface area contributed by atoms with E-state index < -0.39 is 17.6 Å². The summed E-state index contributed by atoms with van der Waals surface area (Å²) >= 11 is 0. The van der Waals surface area contributed by atoms with Crippen LogP contribution in [0.15, 0.2) is 54.6 Å². The lowest BCUT2D eigenvalue weighted by Crippen LogP contribution is -2.38. The fourth-order valence-electron chi connectivity index (χ4n) is 2.61. The van der Waals surface area contributed by atoms with Crippen molar-refractivity contribution in [3.63, 3.8) is 0 Å². The molecule has 2 amide bonds. The predicted octanol–water partition coefficient (Wildman–Crippen LogP) is 4.09. The van der Waals surface area contributed by atoms with Crippen molar-refractivity contribution < 1.29 is 22.8 Å². The quantitative estimate of drug-likeness (QED) is 0.762. The summed E-state index contributed by atoms with van der Waals surface area (Å²) in [7, 11) is 0. The lowest BCUT2D eigenvalue weighted by Gasteiger charge is -2.19. The number of carbonyl (C=O) groups is 2. The molecule has 0 fully saturated rings. The van der Waals surface area contributed by atoms with Gasteiger partial charge < -0.3 is 10.6 Å². The fraction of sp³-hybridized carbons (Fsp3) is 0.300. The standard InChI is InChI=1S/C20H21F3N2O2/c1-2-6-17(14-7-4-3-5-8-14)25-18(26)13-24-19(27)15-9-11-16(12-10-15)20(21,22)23/h3-5,7-12,17H,2,6,13H2,1H3,(H,24,27)(H,25,26). The van der Waals surface area contributed by atoms with Gasteiger partial charge in [-0.1, -0.05) is 43.7 Å². The monoisotopic (exact) mass is 378 g/mol. The van der Waals surface area contributed by atoms with Gasteiger partial charge in [-0.25, -0.2) is 0 Å². The number of hydrogen-bond donors (Lipinski definition) is 2. The second-order valence-corrected chi connectivity index (χ2v) is 6.08. The zero-order chi connectivity index (χ0) is 19.9. The van der Waals surface area contributed by atoms with E-state index in [0.717, 1.165) is 42.7 Å².